The number of hydrogen-bond donors (Lipinski definition) is 3. The number of rotatable bonds is 1. The van der Waals surface area contributed by atoms with Crippen LogP contribution in [0, 0.1) is 0 Å². The molecule has 0 atom stereocenters. The van der Waals surface area contributed by atoms with Crippen molar-refractivity contribution in [3.05, 3.63) is 51.7 Å². The van der Waals surface area contributed by atoms with Gasteiger partial charge in [-0.3, -0.25) is 9.78 Å². The van der Waals surface area contributed by atoms with Gasteiger partial charge in [0.1, 0.15) is 5.82 Å². The maximum Gasteiger partial charge on any atom is 4.00 e. The summed E-state index contributed by atoms with van der Waals surface area (Å²) in [6, 6.07) is 1.57. The van der Waals surface area contributed by atoms with Crippen LogP contribution in [0.25, 0.3) is 23.5 Å². The number of nitrogens with one attached hydrogen (secondary N) is 1. The summed E-state index contributed by atoms with van der Waals surface area (Å²) in [7, 11) is 1.62. The van der Waals surface area contributed by atoms with Crippen LogP contribution in [0.1, 0.15) is 6.92 Å². The van der Waals surface area contributed by atoms with E-state index in [4.69, 9.17) is 11.5 Å². The monoisotopic (exact) mass is 531 g/mol. The average molecular weight is 531 g/mol. The number of hydrogen-bond acceptors (Lipinski definition) is 7. The van der Waals surface area contributed by atoms with Gasteiger partial charge in [0, 0.05) is 19.8 Å². The van der Waals surface area contributed by atoms with Crippen LogP contribution >= 0.6 is 0 Å². The molecule has 0 radical (unpaired) electrons. The Morgan fingerprint density at radius 1 is 1.20 bits per heavy atom. The van der Waals surface area contributed by atoms with Gasteiger partial charge in [0.15, 0.2) is 11.2 Å². The van der Waals surface area contributed by atoms with Crippen molar-refractivity contribution in [1.82, 2.24) is 29.1 Å². The van der Waals surface area contributed by atoms with E-state index < -0.39 is 0 Å². The molecule has 0 aliphatic heterocycles. The summed E-state index contributed by atoms with van der Waals surface area (Å²) in [4.78, 5) is 35.7. The van der Waals surface area contributed by atoms with Gasteiger partial charge >= 0.3 is 26.8 Å². The third-order valence-corrected chi connectivity index (χ3v) is 2.83. The van der Waals surface area contributed by atoms with E-state index >= 15 is 0 Å². The van der Waals surface area contributed by atoms with E-state index in [1.54, 1.807) is 30.2 Å². The fraction of sp³-hybridized carbons (Fsp3) is 0.250. The molecule has 3 aromatic heterocycles. The minimum atomic E-state index is -0.324. The molecule has 0 aliphatic carbocycles. The number of nitrogens with two attached hydrogens (primary N) is 4. The molecule has 0 bridgehead atoms. The molecule has 0 spiro atoms. The van der Waals surface area contributed by atoms with Gasteiger partial charge in [0.2, 0.25) is 5.95 Å². The number of aromatic nitrogens is 6. The fourth-order valence-electron chi connectivity index (χ4n) is 1.68. The van der Waals surface area contributed by atoms with E-state index in [0.29, 0.717) is 17.7 Å². The first kappa shape index (κ1) is 24.7. The minimum absolute atomic E-state index is 0. The molecule has 25 heavy (non-hydrogen) atoms. The number of H-pyrrole nitrogens is 1. The van der Waals surface area contributed by atoms with Crippen molar-refractivity contribution in [2.45, 2.75) is 13.5 Å². The van der Waals surface area contributed by atoms with E-state index in [1.807, 2.05) is 6.92 Å². The van der Waals surface area contributed by atoms with Gasteiger partial charge in [0.05, 0.1) is 6.33 Å². The molecule has 3 heterocycles. The van der Waals surface area contributed by atoms with Gasteiger partial charge in [-0.2, -0.15) is 9.97 Å². The Labute approximate surface area is 157 Å². The minimum Gasteiger partial charge on any atom is -0.693 e. The van der Waals surface area contributed by atoms with Crippen LogP contribution in [0.4, 0.5) is 11.8 Å². The molecular weight excluding hydrogens is 511 g/mol. The first-order chi connectivity index (χ1) is 10.4. The van der Waals surface area contributed by atoms with Gasteiger partial charge in [-0.25, -0.2) is 9.78 Å². The molecular formula is C12H20N10O2Pt+2. The van der Waals surface area contributed by atoms with Crippen LogP contribution in [0.3, 0.4) is 0 Å². The Morgan fingerprint density at radius 2 is 1.84 bits per heavy atom. The third kappa shape index (κ3) is 5.78. The van der Waals surface area contributed by atoms with Crippen molar-refractivity contribution < 1.29 is 21.1 Å². The van der Waals surface area contributed by atoms with Gasteiger partial charge in [-0.15, -0.1) is 0 Å². The smallest absolute Gasteiger partial charge is 0.693 e. The van der Waals surface area contributed by atoms with E-state index in [9.17, 15) is 9.59 Å². The zero-order valence-corrected chi connectivity index (χ0v) is 15.9. The summed E-state index contributed by atoms with van der Waals surface area (Å²) in [6.45, 7) is 2.66. The molecule has 0 aliphatic rings. The number of nitrogens with zero attached hydrogens (tertiary/aromatic N) is 5. The van der Waals surface area contributed by atoms with Crippen LogP contribution in [0.5, 0.6) is 0 Å². The number of anilines is 2. The van der Waals surface area contributed by atoms with Crippen LogP contribution in [-0.2, 0) is 34.7 Å². The predicted molar refractivity (Wildman–Crippen MR) is 92.7 cm³/mol. The summed E-state index contributed by atoms with van der Waals surface area (Å²) in [5, 5.41) is 0. The molecule has 0 saturated heterocycles. The van der Waals surface area contributed by atoms with Crippen LogP contribution < -0.4 is 22.7 Å². The Morgan fingerprint density at radius 3 is 2.36 bits per heavy atom. The van der Waals surface area contributed by atoms with Crippen LogP contribution in [-0.4, -0.2) is 29.1 Å². The molecule has 3 rings (SSSR count). The molecule has 0 amide bonds. The number of aromatic amines is 1. The van der Waals surface area contributed by atoms with Crippen molar-refractivity contribution in [2.75, 3.05) is 11.5 Å². The van der Waals surface area contributed by atoms with Gasteiger partial charge < -0.3 is 32.9 Å². The Balaban J connectivity index is 0. The summed E-state index contributed by atoms with van der Waals surface area (Å²) in [5.41, 5.74) is 10.8. The number of aryl methyl sites for hydroxylation is 2. The molecule has 9 N–H and O–H groups in total. The fourth-order valence-corrected chi connectivity index (χ4v) is 1.68. The van der Waals surface area contributed by atoms with E-state index in [0.717, 1.165) is 0 Å². The molecule has 0 saturated carbocycles. The average Bonchev–Trinajstić information content (AvgIpc) is 2.87. The third-order valence-electron chi connectivity index (χ3n) is 2.83. The zero-order valence-electron chi connectivity index (χ0n) is 13.6. The maximum atomic E-state index is 11.3. The van der Waals surface area contributed by atoms with E-state index in [1.165, 1.54) is 4.57 Å². The molecule has 12 nitrogen and oxygen atoms in total. The van der Waals surface area contributed by atoms with Gasteiger partial charge in [-0.1, -0.05) is 0 Å². The summed E-state index contributed by atoms with van der Waals surface area (Å²) in [5.74, 6) is 0.380. The van der Waals surface area contributed by atoms with Crippen LogP contribution in [0.2, 0.25) is 0 Å². The molecule has 138 valence electrons. The van der Waals surface area contributed by atoms with Crippen molar-refractivity contribution in [3.8, 4) is 0 Å². The topological polar surface area (TPSA) is 218 Å². The summed E-state index contributed by atoms with van der Waals surface area (Å²) in [6.07, 6.45) is 3.15. The number of nitrogen functional groups attached to an aromatic ring is 2. The quantitative estimate of drug-likeness (QED) is 0.404. The molecule has 0 fully saturated rings. The molecule has 3 aromatic rings. The standard InChI is InChI=1S/C7H9N5O.C5H7N3O.2H2N.Pt/c1-2-12-3-9-4-5(12)10-7(8)11-6(4)13;1-8-3-2-4(6)7-5(8)9;;;/h3H,2H2,1H3,(H3,8,10,11,13);2-3H,1H3,(H2,6,7,9);2*1H2;/q;;2*-1;+4. The molecule has 0 aromatic carbocycles. The van der Waals surface area contributed by atoms with Crippen molar-refractivity contribution in [3.63, 3.8) is 0 Å². The summed E-state index contributed by atoms with van der Waals surface area (Å²) >= 11 is 0. The molecule has 13 heteroatoms. The number of imidazole rings is 1. The SMILES string of the molecule is CCn1cnc2c(=O)[nH]c(N)nc21.Cn1ccc(N)nc1=O.[NH2-].[NH2-].[Pt+4]. The largest absolute Gasteiger partial charge is 4.00 e. The van der Waals surface area contributed by atoms with E-state index in [-0.39, 0.29) is 56.4 Å². The predicted octanol–water partition coefficient (Wildman–Crippen LogP) is 0.516. The van der Waals surface area contributed by atoms with E-state index in [2.05, 4.69) is 19.9 Å². The zero-order chi connectivity index (χ0) is 16.3. The Bertz CT molecular complexity index is 916. The van der Waals surface area contributed by atoms with Crippen molar-refractivity contribution >= 4 is 22.9 Å². The first-order valence-electron chi connectivity index (χ1n) is 6.42. The van der Waals surface area contributed by atoms with Crippen molar-refractivity contribution in [1.29, 1.82) is 0 Å². The van der Waals surface area contributed by atoms with Crippen LogP contribution in [0.15, 0.2) is 28.2 Å². The second kappa shape index (κ2) is 10.3. The normalized spacial score (nSPS) is 9.04. The molecule has 0 unspecified atom stereocenters. The summed E-state index contributed by atoms with van der Waals surface area (Å²) < 4.78 is 3.12. The number of fused-ring (bicyclic) bond motifs is 1. The van der Waals surface area contributed by atoms with Gasteiger partial charge in [-0.05, 0) is 13.0 Å². The Hall–Kier alpha value is -2.56. The maximum absolute atomic E-state index is 11.3. The van der Waals surface area contributed by atoms with Gasteiger partial charge in [0.25, 0.3) is 5.56 Å². The van der Waals surface area contributed by atoms with Crippen molar-refractivity contribution in [2.24, 2.45) is 7.05 Å². The Kier molecular flexibility index (Phi) is 10.2. The second-order valence-electron chi connectivity index (χ2n) is 4.40. The second-order valence-corrected chi connectivity index (χ2v) is 4.40. The first-order valence-corrected chi connectivity index (χ1v) is 6.42.